The number of aliphatic imine (C=N–C) groups is 1. The number of carbonyl (C=O) groups excluding carboxylic acids is 2. The smallest absolute Gasteiger partial charge is 0.306 e. The van der Waals surface area contributed by atoms with Crippen LogP contribution in [0.2, 0.25) is 0 Å². The zero-order valence-corrected chi connectivity index (χ0v) is 22.4. The Labute approximate surface area is 228 Å². The van der Waals surface area contributed by atoms with E-state index < -0.39 is 0 Å². The summed E-state index contributed by atoms with van der Waals surface area (Å²) in [7, 11) is 3.03. The average molecular weight is 525 g/mol. The highest BCUT2D eigenvalue weighted by Gasteiger charge is 2.22. The minimum Gasteiger partial charge on any atom is -0.493 e. The van der Waals surface area contributed by atoms with E-state index in [9.17, 15) is 9.59 Å². The maximum absolute atomic E-state index is 12.1. The second-order valence-corrected chi connectivity index (χ2v) is 9.02. The fourth-order valence-electron chi connectivity index (χ4n) is 4.27. The fraction of sp³-hybridized carbons (Fsp3) is 0.250. The number of nitrogens with zero attached hydrogens (tertiary/aromatic N) is 2. The van der Waals surface area contributed by atoms with Gasteiger partial charge in [-0.3, -0.25) is 14.6 Å². The van der Waals surface area contributed by atoms with Crippen molar-refractivity contribution in [2.24, 2.45) is 4.99 Å². The first-order valence-corrected chi connectivity index (χ1v) is 12.9. The van der Waals surface area contributed by atoms with Crippen LogP contribution in [0.15, 0.2) is 83.9 Å². The Kier molecular flexibility index (Phi) is 9.40. The molecule has 0 saturated carbocycles. The van der Waals surface area contributed by atoms with Crippen molar-refractivity contribution in [3.05, 3.63) is 101 Å². The van der Waals surface area contributed by atoms with Crippen LogP contribution in [-0.4, -0.2) is 43.9 Å². The molecule has 0 fully saturated rings. The highest BCUT2D eigenvalue weighted by Crippen LogP contribution is 2.35. The number of methoxy groups -OCH3 is 2. The molecule has 1 aliphatic rings. The number of benzene rings is 3. The van der Waals surface area contributed by atoms with Crippen molar-refractivity contribution in [1.82, 2.24) is 4.98 Å². The molecule has 0 aliphatic carbocycles. The largest absolute Gasteiger partial charge is 0.493 e. The molecule has 0 spiro atoms. The summed E-state index contributed by atoms with van der Waals surface area (Å²) >= 11 is 0. The normalized spacial score (nSPS) is 12.3. The number of amides is 1. The Morgan fingerprint density at radius 1 is 0.923 bits per heavy atom. The summed E-state index contributed by atoms with van der Waals surface area (Å²) in [5, 5.41) is 1.06. The summed E-state index contributed by atoms with van der Waals surface area (Å²) < 4.78 is 16.3. The van der Waals surface area contributed by atoms with Crippen molar-refractivity contribution >= 4 is 29.0 Å². The Balaban J connectivity index is 0.000000292. The number of esters is 1. The van der Waals surface area contributed by atoms with Gasteiger partial charge in [0.15, 0.2) is 11.5 Å². The van der Waals surface area contributed by atoms with Crippen LogP contribution < -0.4 is 9.47 Å². The number of unbranched alkanes of at least 4 members (excludes halogenated alkanes) is 1. The number of aromatic nitrogens is 1. The molecule has 2 heterocycles. The van der Waals surface area contributed by atoms with Crippen molar-refractivity contribution in [2.45, 2.75) is 32.1 Å². The van der Waals surface area contributed by atoms with Crippen molar-refractivity contribution in [3.63, 3.8) is 0 Å². The van der Waals surface area contributed by atoms with E-state index >= 15 is 0 Å². The number of hydrogen-bond donors (Lipinski definition) is 0. The molecule has 200 valence electrons. The van der Waals surface area contributed by atoms with Crippen LogP contribution in [0.25, 0.3) is 10.9 Å². The van der Waals surface area contributed by atoms with Crippen molar-refractivity contribution < 1.29 is 23.8 Å². The zero-order valence-electron chi connectivity index (χ0n) is 22.4. The molecular formula is C32H32N2O5. The molecule has 0 N–H and O–H groups in total. The molecule has 4 aromatic rings. The number of rotatable bonds is 9. The monoisotopic (exact) mass is 524 g/mol. The van der Waals surface area contributed by atoms with Crippen LogP contribution in [0.1, 0.15) is 59.3 Å². The Morgan fingerprint density at radius 3 is 2.49 bits per heavy atom. The summed E-state index contributed by atoms with van der Waals surface area (Å²) in [5.41, 5.74) is 4.28. The first-order chi connectivity index (χ1) is 19.0. The van der Waals surface area contributed by atoms with Crippen molar-refractivity contribution in [2.75, 3.05) is 20.8 Å². The molecule has 0 bridgehead atoms. The SMILES string of the molecule is CCCCOc1cc(C(CC(=O)OC)c2ccc3ccccc3n2)ccc1OC.O=C1N=Cc2ccccc21. The molecule has 1 unspecified atom stereocenters. The number of fused-ring (bicyclic) bond motifs is 2. The van der Waals surface area contributed by atoms with Gasteiger partial charge in [-0.1, -0.05) is 61.9 Å². The van der Waals surface area contributed by atoms with Crippen LogP contribution in [0.5, 0.6) is 11.5 Å². The van der Waals surface area contributed by atoms with E-state index in [1.54, 1.807) is 19.4 Å². The Bertz CT molecular complexity index is 1480. The Hall–Kier alpha value is -4.52. The third-order valence-electron chi connectivity index (χ3n) is 6.43. The molecule has 39 heavy (non-hydrogen) atoms. The van der Waals surface area contributed by atoms with Gasteiger partial charge in [-0.2, -0.15) is 0 Å². The minimum absolute atomic E-state index is 0.129. The zero-order chi connectivity index (χ0) is 27.6. The van der Waals surface area contributed by atoms with Crippen molar-refractivity contribution in [3.8, 4) is 11.5 Å². The van der Waals surface area contributed by atoms with E-state index in [0.717, 1.165) is 40.6 Å². The lowest BCUT2D eigenvalue weighted by Crippen LogP contribution is -2.12. The highest BCUT2D eigenvalue weighted by molar-refractivity contribution is 6.12. The second kappa shape index (κ2) is 13.3. The number of carbonyl (C=O) groups is 2. The van der Waals surface area contributed by atoms with Crippen LogP contribution in [0, 0.1) is 0 Å². The molecular weight excluding hydrogens is 492 g/mol. The maximum atomic E-state index is 12.1. The van der Waals surface area contributed by atoms with Gasteiger partial charge in [0.2, 0.25) is 0 Å². The van der Waals surface area contributed by atoms with Crippen LogP contribution in [0.4, 0.5) is 0 Å². The molecule has 1 aliphatic heterocycles. The third-order valence-corrected chi connectivity index (χ3v) is 6.43. The van der Waals surface area contributed by atoms with E-state index in [1.807, 2.05) is 72.8 Å². The number of hydrogen-bond acceptors (Lipinski definition) is 6. The van der Waals surface area contributed by atoms with Gasteiger partial charge in [-0.15, -0.1) is 0 Å². The van der Waals surface area contributed by atoms with Crippen LogP contribution in [0.3, 0.4) is 0 Å². The summed E-state index contributed by atoms with van der Waals surface area (Å²) in [6.45, 7) is 2.74. The molecule has 1 amide bonds. The van der Waals surface area contributed by atoms with Crippen molar-refractivity contribution in [1.29, 1.82) is 0 Å². The van der Waals surface area contributed by atoms with Gasteiger partial charge in [0, 0.05) is 28.8 Å². The fourth-order valence-corrected chi connectivity index (χ4v) is 4.27. The summed E-state index contributed by atoms with van der Waals surface area (Å²) in [6.07, 6.45) is 3.80. The maximum Gasteiger partial charge on any atom is 0.306 e. The standard InChI is InChI=1S/C24H27NO4.C8H5NO/c1-4-5-14-29-23-15-18(11-13-22(23)27-2)19(16-24(26)28-3)21-12-10-17-8-6-7-9-20(17)25-21;10-8-7-4-2-1-3-6(7)5-9-8/h6-13,15,19H,4-5,14,16H2,1-3H3;1-5H. The molecule has 5 rings (SSSR count). The molecule has 3 aromatic carbocycles. The lowest BCUT2D eigenvalue weighted by molar-refractivity contribution is -0.140. The first kappa shape index (κ1) is 27.5. The number of para-hydroxylation sites is 1. The van der Waals surface area contributed by atoms with Gasteiger partial charge in [-0.05, 0) is 42.3 Å². The topological polar surface area (TPSA) is 87.1 Å². The molecule has 0 radical (unpaired) electrons. The highest BCUT2D eigenvalue weighted by atomic mass is 16.5. The van der Waals surface area contributed by atoms with Crippen LogP contribution in [-0.2, 0) is 9.53 Å². The van der Waals surface area contributed by atoms with E-state index in [-0.39, 0.29) is 24.2 Å². The van der Waals surface area contributed by atoms with Gasteiger partial charge in [0.05, 0.1) is 38.3 Å². The quantitative estimate of drug-likeness (QED) is 0.187. The van der Waals surface area contributed by atoms with E-state index in [2.05, 4.69) is 11.9 Å². The lowest BCUT2D eigenvalue weighted by atomic mass is 9.91. The predicted octanol–water partition coefficient (Wildman–Crippen LogP) is 6.38. The third kappa shape index (κ3) is 6.87. The summed E-state index contributed by atoms with van der Waals surface area (Å²) in [5.74, 6) is 0.693. The van der Waals surface area contributed by atoms with E-state index in [4.69, 9.17) is 19.2 Å². The predicted molar refractivity (Wildman–Crippen MR) is 152 cm³/mol. The van der Waals surface area contributed by atoms with Gasteiger partial charge in [0.25, 0.3) is 5.91 Å². The number of ether oxygens (including phenoxy) is 3. The van der Waals surface area contributed by atoms with Gasteiger partial charge in [-0.25, -0.2) is 4.99 Å². The minimum atomic E-state index is -0.283. The first-order valence-electron chi connectivity index (χ1n) is 12.9. The molecule has 7 heteroatoms. The van der Waals surface area contributed by atoms with Gasteiger partial charge >= 0.3 is 5.97 Å². The molecule has 7 nitrogen and oxygen atoms in total. The molecule has 1 atom stereocenters. The van der Waals surface area contributed by atoms with E-state index in [1.165, 1.54) is 7.11 Å². The van der Waals surface area contributed by atoms with Crippen LogP contribution >= 0.6 is 0 Å². The Morgan fingerprint density at radius 2 is 1.72 bits per heavy atom. The second-order valence-electron chi connectivity index (χ2n) is 9.02. The summed E-state index contributed by atoms with van der Waals surface area (Å²) in [4.78, 5) is 31.5. The van der Waals surface area contributed by atoms with Gasteiger partial charge in [0.1, 0.15) is 0 Å². The molecule has 1 aromatic heterocycles. The van der Waals surface area contributed by atoms with Gasteiger partial charge < -0.3 is 14.2 Å². The van der Waals surface area contributed by atoms with E-state index in [0.29, 0.717) is 23.7 Å². The molecule has 0 saturated heterocycles. The number of pyridine rings is 1. The summed E-state index contributed by atoms with van der Waals surface area (Å²) in [6, 6.07) is 25.1. The average Bonchev–Trinajstić information content (AvgIpc) is 3.36. The lowest BCUT2D eigenvalue weighted by Gasteiger charge is -2.19.